The largest absolute Gasteiger partial charge is 0.481 e. The fraction of sp³-hybridized carbons (Fsp3) is 0.733. The first-order valence-corrected chi connectivity index (χ1v) is 8.19. The lowest BCUT2D eigenvalue weighted by molar-refractivity contribution is -0.137. The van der Waals surface area contributed by atoms with Crippen molar-refractivity contribution in [2.45, 2.75) is 51.5 Å². The van der Waals surface area contributed by atoms with Gasteiger partial charge in [0.05, 0.1) is 6.42 Å². The number of carbonyl (C=O) groups is 4. The second kappa shape index (κ2) is 16.7. The molecule has 10 heteroatoms. The molecule has 0 spiro atoms. The van der Waals surface area contributed by atoms with E-state index in [9.17, 15) is 19.2 Å². The summed E-state index contributed by atoms with van der Waals surface area (Å²) in [6, 6.07) is 0.213. The van der Waals surface area contributed by atoms with Crippen LogP contribution in [0, 0.1) is 0 Å². The van der Waals surface area contributed by atoms with E-state index < -0.39 is 11.9 Å². The Hall–Kier alpha value is -2.20. The van der Waals surface area contributed by atoms with Gasteiger partial charge in [0.1, 0.15) is 6.04 Å². The number of carbonyl (C=O) groups excluding carboxylic acids is 2. The maximum Gasteiger partial charge on any atom is 0.304 e. The Morgan fingerprint density at radius 1 is 1.12 bits per heavy atom. The van der Waals surface area contributed by atoms with E-state index in [2.05, 4.69) is 10.6 Å². The van der Waals surface area contributed by atoms with Gasteiger partial charge in [-0.05, 0) is 25.8 Å². The molecule has 0 aromatic rings. The maximum absolute atomic E-state index is 10.1. The highest BCUT2D eigenvalue weighted by Crippen LogP contribution is 2.02. The third-order valence-corrected chi connectivity index (χ3v) is 2.81. The zero-order chi connectivity index (χ0) is 19.7. The molecule has 0 bridgehead atoms. The monoisotopic (exact) mass is 362 g/mol. The highest BCUT2D eigenvalue weighted by atomic mass is 16.4. The minimum Gasteiger partial charge on any atom is -0.481 e. The molecular formula is C15H30N4O6. The smallest absolute Gasteiger partial charge is 0.304 e. The van der Waals surface area contributed by atoms with Crippen molar-refractivity contribution >= 4 is 23.8 Å². The van der Waals surface area contributed by atoms with Crippen LogP contribution in [0.4, 0.5) is 0 Å². The summed E-state index contributed by atoms with van der Waals surface area (Å²) in [6.07, 6.45) is 3.55. The van der Waals surface area contributed by atoms with Gasteiger partial charge in [0.25, 0.3) is 0 Å². The van der Waals surface area contributed by atoms with E-state index in [0.717, 1.165) is 25.8 Å². The van der Waals surface area contributed by atoms with Gasteiger partial charge in [-0.25, -0.2) is 0 Å². The summed E-state index contributed by atoms with van der Waals surface area (Å²) in [5.74, 6) is -1.20. The fourth-order valence-electron chi connectivity index (χ4n) is 1.36. The lowest BCUT2D eigenvalue weighted by Crippen LogP contribution is -2.12. The maximum atomic E-state index is 10.1. The van der Waals surface area contributed by atoms with Gasteiger partial charge in [0.15, 0.2) is 0 Å². The molecule has 2 aliphatic rings. The van der Waals surface area contributed by atoms with Crippen LogP contribution in [0.1, 0.15) is 45.4 Å². The Labute approximate surface area is 147 Å². The summed E-state index contributed by atoms with van der Waals surface area (Å²) in [5, 5.41) is 21.1. The Balaban J connectivity index is 0. The zero-order valence-corrected chi connectivity index (χ0v) is 14.6. The minimum atomic E-state index is -0.836. The van der Waals surface area contributed by atoms with E-state index in [-0.39, 0.29) is 37.2 Å². The van der Waals surface area contributed by atoms with E-state index in [1.54, 1.807) is 0 Å². The molecule has 1 unspecified atom stereocenters. The van der Waals surface area contributed by atoms with Crippen LogP contribution in [0.25, 0.3) is 0 Å². The molecule has 2 aliphatic heterocycles. The number of rotatable bonds is 6. The molecule has 2 saturated heterocycles. The van der Waals surface area contributed by atoms with Crippen molar-refractivity contribution in [3.05, 3.63) is 0 Å². The second-order valence-electron chi connectivity index (χ2n) is 5.14. The van der Waals surface area contributed by atoms with Gasteiger partial charge < -0.3 is 32.3 Å². The third-order valence-electron chi connectivity index (χ3n) is 2.81. The molecule has 2 amide bonds. The predicted molar refractivity (Wildman–Crippen MR) is 91.7 cm³/mol. The topological polar surface area (TPSA) is 195 Å². The van der Waals surface area contributed by atoms with Crippen LogP contribution in [0.5, 0.6) is 0 Å². The van der Waals surface area contributed by atoms with Gasteiger partial charge in [-0.1, -0.05) is 6.92 Å². The molecule has 0 aromatic heterocycles. The fourth-order valence-corrected chi connectivity index (χ4v) is 1.36. The van der Waals surface area contributed by atoms with Crippen LogP contribution in [-0.2, 0) is 19.2 Å². The van der Waals surface area contributed by atoms with Crippen LogP contribution in [0.15, 0.2) is 0 Å². The Morgan fingerprint density at radius 3 is 1.76 bits per heavy atom. The van der Waals surface area contributed by atoms with Gasteiger partial charge in [0, 0.05) is 25.9 Å². The number of hydrogen-bond donors (Lipinski definition) is 6. The zero-order valence-electron chi connectivity index (χ0n) is 14.6. The molecule has 2 heterocycles. The first kappa shape index (κ1) is 25.0. The van der Waals surface area contributed by atoms with E-state index in [1.165, 1.54) is 0 Å². The molecule has 8 N–H and O–H groups in total. The first-order chi connectivity index (χ1) is 11.8. The van der Waals surface area contributed by atoms with Gasteiger partial charge in [0.2, 0.25) is 11.8 Å². The van der Waals surface area contributed by atoms with Gasteiger partial charge in [-0.3, -0.25) is 19.2 Å². The van der Waals surface area contributed by atoms with Crippen molar-refractivity contribution in [2.24, 2.45) is 11.5 Å². The molecule has 0 aromatic carbocycles. The van der Waals surface area contributed by atoms with E-state index >= 15 is 0 Å². The van der Waals surface area contributed by atoms with Crippen molar-refractivity contribution in [3.63, 3.8) is 0 Å². The summed E-state index contributed by atoms with van der Waals surface area (Å²) in [6.45, 7) is 3.57. The molecule has 25 heavy (non-hydrogen) atoms. The molecule has 2 rings (SSSR count). The van der Waals surface area contributed by atoms with Crippen LogP contribution in [-0.4, -0.2) is 59.6 Å². The molecule has 2 fully saturated rings. The van der Waals surface area contributed by atoms with Crippen molar-refractivity contribution in [1.82, 2.24) is 10.6 Å². The quantitative estimate of drug-likeness (QED) is 0.324. The second-order valence-corrected chi connectivity index (χ2v) is 5.14. The van der Waals surface area contributed by atoms with Gasteiger partial charge in [-0.15, -0.1) is 0 Å². The van der Waals surface area contributed by atoms with Crippen LogP contribution in [0.3, 0.4) is 0 Å². The Morgan fingerprint density at radius 2 is 1.68 bits per heavy atom. The summed E-state index contributed by atoms with van der Waals surface area (Å²) >= 11 is 0. The number of aliphatic carboxylic acids is 2. The number of carboxylic acid groups (broad SMARTS) is 2. The molecular weight excluding hydrogens is 332 g/mol. The number of carboxylic acids is 2. The molecule has 1 atom stereocenters. The lowest BCUT2D eigenvalue weighted by atomic mass is 10.3. The number of hydrogen-bond acceptors (Lipinski definition) is 6. The summed E-state index contributed by atoms with van der Waals surface area (Å²) in [4.78, 5) is 39.4. The summed E-state index contributed by atoms with van der Waals surface area (Å²) in [5.41, 5.74) is 9.86. The Kier molecular flexibility index (Phi) is 16.7. The molecule has 0 saturated carbocycles. The molecule has 146 valence electrons. The number of amides is 2. The Bertz CT molecular complexity index is 407. The van der Waals surface area contributed by atoms with Gasteiger partial charge >= 0.3 is 11.9 Å². The van der Waals surface area contributed by atoms with E-state index in [1.807, 2.05) is 6.92 Å². The van der Waals surface area contributed by atoms with Crippen LogP contribution < -0.4 is 22.1 Å². The predicted octanol–water partition coefficient (Wildman–Crippen LogP) is -0.979. The summed E-state index contributed by atoms with van der Waals surface area (Å²) < 4.78 is 0. The molecule has 10 nitrogen and oxygen atoms in total. The molecule has 0 radical (unpaired) electrons. The SMILES string of the molecule is CCC1NC1=O.NCCC(=O)O.NCCCC(=O)O.O=C1CCCN1. The lowest BCUT2D eigenvalue weighted by Gasteiger charge is -1.86. The standard InChI is InChI=1S/C4H9NO2.2C4H7NO.C3H7NO2/c5-3-1-2-4(6)7;1-2-3-4(6)5-3;6-4-2-1-3-5-4;4-2-1-3(5)6/h1-3,5H2,(H,6,7);3H,2H2,1H3,(H,5,6);1-3H2,(H,5,6);1-2,4H2,(H,5,6). The van der Waals surface area contributed by atoms with E-state index in [4.69, 9.17) is 21.7 Å². The highest BCUT2D eigenvalue weighted by molar-refractivity contribution is 5.96. The van der Waals surface area contributed by atoms with Crippen molar-refractivity contribution in [2.75, 3.05) is 19.6 Å². The number of nitrogens with one attached hydrogen (secondary N) is 2. The van der Waals surface area contributed by atoms with Crippen LogP contribution >= 0.6 is 0 Å². The van der Waals surface area contributed by atoms with Crippen molar-refractivity contribution < 1.29 is 29.4 Å². The van der Waals surface area contributed by atoms with Gasteiger partial charge in [-0.2, -0.15) is 0 Å². The molecule has 0 aliphatic carbocycles. The highest BCUT2D eigenvalue weighted by Gasteiger charge is 2.30. The third kappa shape index (κ3) is 21.8. The van der Waals surface area contributed by atoms with E-state index in [0.29, 0.717) is 13.0 Å². The average Bonchev–Trinajstić information content (AvgIpc) is 3.06. The van der Waals surface area contributed by atoms with Crippen molar-refractivity contribution in [1.29, 1.82) is 0 Å². The number of nitrogens with two attached hydrogens (primary N) is 2. The van der Waals surface area contributed by atoms with Crippen LogP contribution in [0.2, 0.25) is 0 Å². The average molecular weight is 362 g/mol. The van der Waals surface area contributed by atoms with Crippen molar-refractivity contribution in [3.8, 4) is 0 Å². The first-order valence-electron chi connectivity index (χ1n) is 8.19. The normalized spacial score (nSPS) is 16.5. The summed E-state index contributed by atoms with van der Waals surface area (Å²) in [7, 11) is 0. The minimum absolute atomic E-state index is 0.0694.